The molecule has 1 spiro atoms. The lowest BCUT2D eigenvalue weighted by Gasteiger charge is -2.45. The van der Waals surface area contributed by atoms with Crippen LogP contribution in [0.2, 0.25) is 0 Å². The lowest BCUT2D eigenvalue weighted by atomic mass is 9.74. The van der Waals surface area contributed by atoms with Gasteiger partial charge >= 0.3 is 6.18 Å². The molecule has 21 heavy (non-hydrogen) atoms. The number of halogens is 3. The van der Waals surface area contributed by atoms with E-state index < -0.39 is 17.6 Å². The zero-order valence-corrected chi connectivity index (χ0v) is 11.6. The van der Waals surface area contributed by atoms with E-state index in [4.69, 9.17) is 5.73 Å². The molecule has 2 aliphatic rings. The third kappa shape index (κ3) is 2.47. The van der Waals surface area contributed by atoms with E-state index in [2.05, 4.69) is 4.99 Å². The van der Waals surface area contributed by atoms with Crippen molar-refractivity contribution in [1.82, 2.24) is 0 Å². The van der Waals surface area contributed by atoms with E-state index in [9.17, 15) is 13.2 Å². The third-order valence-corrected chi connectivity index (χ3v) is 4.54. The Kier molecular flexibility index (Phi) is 3.34. The van der Waals surface area contributed by atoms with E-state index in [0.29, 0.717) is 25.3 Å². The number of hydrogen-bond acceptors (Lipinski definition) is 3. The topological polar surface area (TPSA) is 41.6 Å². The smallest absolute Gasteiger partial charge is 0.369 e. The van der Waals surface area contributed by atoms with Crippen LogP contribution < -0.4 is 10.6 Å². The van der Waals surface area contributed by atoms with Crippen LogP contribution in [-0.2, 0) is 0 Å². The van der Waals surface area contributed by atoms with E-state index in [1.165, 1.54) is 0 Å². The van der Waals surface area contributed by atoms with E-state index in [-0.39, 0.29) is 12.8 Å². The number of nitrogens with two attached hydrogens (primary N) is 1. The molecular weight excluding hydrogens is 279 g/mol. The molecule has 0 amide bonds. The average Bonchev–Trinajstić information content (AvgIpc) is 2.75. The molecule has 1 aliphatic carbocycles. The molecule has 1 aromatic carbocycles. The fraction of sp³-hybridized carbons (Fsp3) is 0.533. The molecule has 114 valence electrons. The first kappa shape index (κ1) is 14.2. The molecule has 0 aromatic heterocycles. The van der Waals surface area contributed by atoms with E-state index >= 15 is 0 Å². The van der Waals surface area contributed by atoms with Gasteiger partial charge in [0.1, 0.15) is 0 Å². The van der Waals surface area contributed by atoms with Crippen LogP contribution in [0.5, 0.6) is 0 Å². The molecule has 1 saturated carbocycles. The van der Waals surface area contributed by atoms with E-state index in [1.54, 1.807) is 0 Å². The van der Waals surface area contributed by atoms with Gasteiger partial charge in [-0.15, -0.1) is 0 Å². The van der Waals surface area contributed by atoms with E-state index in [0.717, 1.165) is 5.69 Å². The van der Waals surface area contributed by atoms with Gasteiger partial charge in [0, 0.05) is 5.69 Å². The third-order valence-electron chi connectivity index (χ3n) is 4.54. The molecule has 2 unspecified atom stereocenters. The zero-order valence-electron chi connectivity index (χ0n) is 11.6. The van der Waals surface area contributed by atoms with Gasteiger partial charge < -0.3 is 10.6 Å². The molecular formula is C15H18F3N3. The second-order valence-electron chi connectivity index (χ2n) is 5.90. The van der Waals surface area contributed by atoms with Crippen LogP contribution in [0.1, 0.15) is 25.7 Å². The van der Waals surface area contributed by atoms with E-state index in [1.807, 2.05) is 35.2 Å². The van der Waals surface area contributed by atoms with Gasteiger partial charge in [0.25, 0.3) is 0 Å². The van der Waals surface area contributed by atoms with Crippen LogP contribution in [0, 0.1) is 5.92 Å². The Labute approximate surface area is 121 Å². The molecule has 0 radical (unpaired) electrons. The SMILES string of the molecule is NC1=NCC2(CCCC(C(F)(F)F)C2)N1c1ccccc1. The number of hydrogen-bond donors (Lipinski definition) is 1. The zero-order chi connectivity index (χ0) is 15.1. The van der Waals surface area contributed by atoms with Crippen molar-refractivity contribution in [2.45, 2.75) is 37.4 Å². The van der Waals surface area contributed by atoms with Gasteiger partial charge in [-0.3, -0.25) is 4.99 Å². The van der Waals surface area contributed by atoms with Crippen molar-refractivity contribution in [1.29, 1.82) is 0 Å². The minimum Gasteiger partial charge on any atom is -0.369 e. The number of aliphatic imine (C=N–C) groups is 1. The summed E-state index contributed by atoms with van der Waals surface area (Å²) in [7, 11) is 0. The maximum atomic E-state index is 13.1. The van der Waals surface area contributed by atoms with Crippen molar-refractivity contribution in [2.75, 3.05) is 11.4 Å². The normalized spacial score (nSPS) is 29.8. The fourth-order valence-corrected chi connectivity index (χ4v) is 3.56. The van der Waals surface area contributed by atoms with Crippen molar-refractivity contribution in [3.05, 3.63) is 30.3 Å². The van der Waals surface area contributed by atoms with Gasteiger partial charge in [0.05, 0.1) is 18.0 Å². The first-order valence-corrected chi connectivity index (χ1v) is 7.14. The van der Waals surface area contributed by atoms with Gasteiger partial charge in [-0.1, -0.05) is 24.6 Å². The number of nitrogens with zero attached hydrogens (tertiary/aromatic N) is 2. The van der Waals surface area contributed by atoms with Crippen LogP contribution in [0.4, 0.5) is 18.9 Å². The fourth-order valence-electron chi connectivity index (χ4n) is 3.56. The first-order valence-electron chi connectivity index (χ1n) is 7.14. The average molecular weight is 297 g/mol. The van der Waals surface area contributed by atoms with Gasteiger partial charge in [0.2, 0.25) is 0 Å². The van der Waals surface area contributed by atoms with Crippen molar-refractivity contribution >= 4 is 11.6 Å². The summed E-state index contributed by atoms with van der Waals surface area (Å²) in [5.74, 6) is -0.942. The number of alkyl halides is 3. The van der Waals surface area contributed by atoms with Crippen LogP contribution in [0.25, 0.3) is 0 Å². The minimum atomic E-state index is -4.15. The monoisotopic (exact) mass is 297 g/mol. The number of rotatable bonds is 1. The minimum absolute atomic E-state index is 0.0651. The first-order chi connectivity index (χ1) is 9.92. The molecule has 2 N–H and O–H groups in total. The second-order valence-corrected chi connectivity index (χ2v) is 5.90. The van der Waals surface area contributed by atoms with Crippen LogP contribution in [-0.4, -0.2) is 24.2 Å². The van der Waals surface area contributed by atoms with Crippen molar-refractivity contribution < 1.29 is 13.2 Å². The standard InChI is InChI=1S/C15H18F3N3/c16-15(17,18)11-5-4-8-14(9-11)10-20-13(19)21(14)12-6-2-1-3-7-12/h1-3,6-7,11H,4-5,8-10H2,(H2,19,20). The van der Waals surface area contributed by atoms with Gasteiger partial charge in [-0.25, -0.2) is 0 Å². The number of anilines is 1. The molecule has 0 bridgehead atoms. The van der Waals surface area contributed by atoms with Gasteiger partial charge in [0.15, 0.2) is 5.96 Å². The highest BCUT2D eigenvalue weighted by molar-refractivity contribution is 5.98. The van der Waals surface area contributed by atoms with Crippen LogP contribution in [0.15, 0.2) is 35.3 Å². The summed E-state index contributed by atoms with van der Waals surface area (Å²) < 4.78 is 39.4. The van der Waals surface area contributed by atoms with Gasteiger partial charge in [-0.05, 0) is 31.4 Å². The largest absolute Gasteiger partial charge is 0.391 e. The summed E-state index contributed by atoms with van der Waals surface area (Å²) in [5, 5.41) is 0. The Morgan fingerprint density at radius 2 is 1.95 bits per heavy atom. The lowest BCUT2D eigenvalue weighted by Crippen LogP contribution is -2.55. The molecule has 1 heterocycles. The predicted octanol–water partition coefficient (Wildman–Crippen LogP) is 3.31. The molecule has 1 fully saturated rings. The molecule has 3 nitrogen and oxygen atoms in total. The molecule has 3 rings (SSSR count). The highest BCUT2D eigenvalue weighted by Gasteiger charge is 2.52. The summed E-state index contributed by atoms with van der Waals surface area (Å²) in [4.78, 5) is 6.05. The highest BCUT2D eigenvalue weighted by Crippen LogP contribution is 2.46. The summed E-state index contributed by atoms with van der Waals surface area (Å²) in [6, 6.07) is 9.33. The Balaban J connectivity index is 1.93. The Morgan fingerprint density at radius 1 is 1.24 bits per heavy atom. The van der Waals surface area contributed by atoms with Crippen molar-refractivity contribution in [3.8, 4) is 0 Å². The Hall–Kier alpha value is -1.72. The van der Waals surface area contributed by atoms with Gasteiger partial charge in [-0.2, -0.15) is 13.2 Å². The van der Waals surface area contributed by atoms with Crippen LogP contribution >= 0.6 is 0 Å². The second kappa shape index (κ2) is 4.93. The van der Waals surface area contributed by atoms with Crippen molar-refractivity contribution in [2.24, 2.45) is 16.6 Å². The molecule has 2 atom stereocenters. The lowest BCUT2D eigenvalue weighted by molar-refractivity contribution is -0.186. The maximum Gasteiger partial charge on any atom is 0.391 e. The van der Waals surface area contributed by atoms with Crippen molar-refractivity contribution in [3.63, 3.8) is 0 Å². The summed E-state index contributed by atoms with van der Waals surface area (Å²) >= 11 is 0. The highest BCUT2D eigenvalue weighted by atomic mass is 19.4. The molecule has 0 saturated heterocycles. The van der Waals surface area contributed by atoms with Crippen LogP contribution in [0.3, 0.4) is 0 Å². The number of benzene rings is 1. The summed E-state index contributed by atoms with van der Waals surface area (Å²) in [5.41, 5.74) is 6.16. The molecule has 1 aliphatic heterocycles. The maximum absolute atomic E-state index is 13.1. The Bertz CT molecular complexity index is 541. The Morgan fingerprint density at radius 3 is 2.62 bits per heavy atom. The number of guanidine groups is 1. The molecule has 6 heteroatoms. The predicted molar refractivity (Wildman–Crippen MR) is 76.2 cm³/mol. The number of para-hydroxylation sites is 1. The quantitative estimate of drug-likeness (QED) is 0.864. The summed E-state index contributed by atoms with van der Waals surface area (Å²) in [6.45, 7) is 0.348. The molecule has 1 aromatic rings. The summed E-state index contributed by atoms with van der Waals surface area (Å²) in [6.07, 6.45) is -2.63.